The number of allylic oxidation sites excluding steroid dienone is 2. The lowest BCUT2D eigenvalue weighted by molar-refractivity contribution is -0.124. The highest BCUT2D eigenvalue weighted by Crippen LogP contribution is 2.29. The second-order valence-electron chi connectivity index (χ2n) is 6.31. The minimum atomic E-state index is -0.345. The van der Waals surface area contributed by atoms with Crippen LogP contribution in [0.4, 0.5) is 0 Å². The first-order valence-corrected chi connectivity index (χ1v) is 8.17. The molecule has 0 bridgehead atoms. The van der Waals surface area contributed by atoms with Crippen LogP contribution in [-0.2, 0) is 9.59 Å². The number of unbranched alkanes of at least 4 members (excludes halogenated alkanes) is 2. The molecule has 0 heterocycles. The molecule has 0 saturated carbocycles. The molecule has 0 aromatic rings. The summed E-state index contributed by atoms with van der Waals surface area (Å²) in [6.07, 6.45) is 8.77. The quantitative estimate of drug-likeness (QED) is 0.484. The Morgan fingerprint density at radius 3 is 2.00 bits per heavy atom. The highest BCUT2D eigenvalue weighted by molar-refractivity contribution is 6.05. The summed E-state index contributed by atoms with van der Waals surface area (Å²) in [4.78, 5) is 24.6. The van der Waals surface area contributed by atoms with E-state index in [2.05, 4.69) is 20.8 Å². The summed E-state index contributed by atoms with van der Waals surface area (Å²) < 4.78 is 0. The van der Waals surface area contributed by atoms with E-state index in [-0.39, 0.29) is 17.0 Å². The molecule has 0 aliphatic carbocycles. The predicted molar refractivity (Wildman–Crippen MR) is 85.8 cm³/mol. The van der Waals surface area contributed by atoms with E-state index in [1.165, 1.54) is 0 Å². The SMILES string of the molecule is CCCCC(=O)C=C(CCC)C(=O)C(C)(C)CCCC. The standard InChI is InChI=1S/C18H32O2/c1-6-9-12-16(19)14-15(11-8-3)17(20)18(4,5)13-10-7-2/h14H,6-13H2,1-5H3. The molecule has 0 atom stereocenters. The molecule has 2 heteroatoms. The predicted octanol–water partition coefficient (Wildman–Crippen LogP) is 5.26. The number of ketones is 2. The highest BCUT2D eigenvalue weighted by atomic mass is 16.1. The Labute approximate surface area is 125 Å². The molecule has 0 rings (SSSR count). The summed E-state index contributed by atoms with van der Waals surface area (Å²) in [5.74, 6) is 0.271. The van der Waals surface area contributed by atoms with E-state index in [0.29, 0.717) is 12.8 Å². The van der Waals surface area contributed by atoms with Crippen LogP contribution in [-0.4, -0.2) is 11.6 Å². The Hall–Kier alpha value is -0.920. The molecule has 0 spiro atoms. The second-order valence-corrected chi connectivity index (χ2v) is 6.31. The zero-order valence-corrected chi connectivity index (χ0v) is 14.1. The molecular weight excluding hydrogens is 248 g/mol. The zero-order chi connectivity index (χ0) is 15.6. The molecular formula is C18H32O2. The van der Waals surface area contributed by atoms with E-state index in [9.17, 15) is 9.59 Å². The molecule has 0 radical (unpaired) electrons. The maximum Gasteiger partial charge on any atom is 0.164 e. The first kappa shape index (κ1) is 19.1. The lowest BCUT2D eigenvalue weighted by Crippen LogP contribution is -2.26. The summed E-state index contributed by atoms with van der Waals surface area (Å²) in [5.41, 5.74) is 0.386. The number of hydrogen-bond donors (Lipinski definition) is 0. The van der Waals surface area contributed by atoms with E-state index < -0.39 is 0 Å². The summed E-state index contributed by atoms with van der Waals surface area (Å²) in [5, 5.41) is 0. The van der Waals surface area contributed by atoms with Gasteiger partial charge in [-0.25, -0.2) is 0 Å². The van der Waals surface area contributed by atoms with Crippen molar-refractivity contribution in [1.82, 2.24) is 0 Å². The van der Waals surface area contributed by atoms with Crippen molar-refractivity contribution >= 4 is 11.6 Å². The first-order valence-electron chi connectivity index (χ1n) is 8.17. The topological polar surface area (TPSA) is 34.1 Å². The molecule has 0 aromatic heterocycles. The van der Waals surface area contributed by atoms with Gasteiger partial charge < -0.3 is 0 Å². The third-order valence-corrected chi connectivity index (χ3v) is 3.69. The van der Waals surface area contributed by atoms with Gasteiger partial charge in [-0.05, 0) is 30.9 Å². The lowest BCUT2D eigenvalue weighted by atomic mass is 9.78. The fraction of sp³-hybridized carbons (Fsp3) is 0.778. The van der Waals surface area contributed by atoms with Crippen LogP contribution in [0.2, 0.25) is 0 Å². The Kier molecular flexibility index (Phi) is 9.45. The Balaban J connectivity index is 4.92. The van der Waals surface area contributed by atoms with Crippen molar-refractivity contribution in [2.45, 2.75) is 86.0 Å². The van der Waals surface area contributed by atoms with Crippen LogP contribution in [0.1, 0.15) is 86.0 Å². The lowest BCUT2D eigenvalue weighted by Gasteiger charge is -2.24. The molecule has 116 valence electrons. The molecule has 0 unspecified atom stereocenters. The summed E-state index contributed by atoms with van der Waals surface area (Å²) >= 11 is 0. The van der Waals surface area contributed by atoms with Gasteiger partial charge in [-0.1, -0.05) is 60.3 Å². The maximum atomic E-state index is 12.6. The van der Waals surface area contributed by atoms with Crippen molar-refractivity contribution in [3.05, 3.63) is 11.6 Å². The van der Waals surface area contributed by atoms with Crippen LogP contribution in [0.15, 0.2) is 11.6 Å². The van der Waals surface area contributed by atoms with Crippen LogP contribution in [0, 0.1) is 5.41 Å². The van der Waals surface area contributed by atoms with Gasteiger partial charge in [0, 0.05) is 11.8 Å². The van der Waals surface area contributed by atoms with E-state index in [0.717, 1.165) is 44.1 Å². The second kappa shape index (κ2) is 9.90. The van der Waals surface area contributed by atoms with Gasteiger partial charge in [0.05, 0.1) is 0 Å². The van der Waals surface area contributed by atoms with Gasteiger partial charge in [-0.3, -0.25) is 9.59 Å². The fourth-order valence-corrected chi connectivity index (χ4v) is 2.30. The van der Waals surface area contributed by atoms with Gasteiger partial charge in [-0.15, -0.1) is 0 Å². The number of hydrogen-bond acceptors (Lipinski definition) is 2. The van der Waals surface area contributed by atoms with Crippen LogP contribution >= 0.6 is 0 Å². The normalized spacial score (nSPS) is 12.6. The first-order chi connectivity index (χ1) is 9.38. The van der Waals surface area contributed by atoms with E-state index in [1.807, 2.05) is 13.8 Å². The molecule has 0 aliphatic heterocycles. The number of rotatable bonds is 11. The van der Waals surface area contributed by atoms with Crippen molar-refractivity contribution in [2.75, 3.05) is 0 Å². The van der Waals surface area contributed by atoms with Crippen LogP contribution in [0.3, 0.4) is 0 Å². The maximum absolute atomic E-state index is 12.6. The van der Waals surface area contributed by atoms with E-state index in [1.54, 1.807) is 6.08 Å². The largest absolute Gasteiger partial charge is 0.295 e. The number of carbonyl (C=O) groups excluding carboxylic acids is 2. The van der Waals surface area contributed by atoms with E-state index in [4.69, 9.17) is 0 Å². The summed E-state index contributed by atoms with van der Waals surface area (Å²) in [6.45, 7) is 10.3. The van der Waals surface area contributed by atoms with Gasteiger partial charge >= 0.3 is 0 Å². The van der Waals surface area contributed by atoms with Crippen molar-refractivity contribution in [2.24, 2.45) is 5.41 Å². The summed E-state index contributed by atoms with van der Waals surface area (Å²) in [7, 11) is 0. The van der Waals surface area contributed by atoms with Gasteiger partial charge in [0.15, 0.2) is 11.6 Å². The molecule has 0 N–H and O–H groups in total. The van der Waals surface area contributed by atoms with E-state index >= 15 is 0 Å². The third-order valence-electron chi connectivity index (χ3n) is 3.69. The number of Topliss-reactive ketones (excluding diaryl/α,β-unsaturated/α-hetero) is 1. The molecule has 20 heavy (non-hydrogen) atoms. The minimum absolute atomic E-state index is 0.106. The average Bonchev–Trinajstić information content (AvgIpc) is 2.41. The average molecular weight is 280 g/mol. The molecule has 0 saturated heterocycles. The van der Waals surface area contributed by atoms with Gasteiger partial charge in [0.25, 0.3) is 0 Å². The third kappa shape index (κ3) is 7.02. The van der Waals surface area contributed by atoms with Crippen molar-refractivity contribution in [3.63, 3.8) is 0 Å². The Morgan fingerprint density at radius 2 is 1.50 bits per heavy atom. The van der Waals surface area contributed by atoms with Gasteiger partial charge in [0.1, 0.15) is 0 Å². The Morgan fingerprint density at radius 1 is 0.900 bits per heavy atom. The van der Waals surface area contributed by atoms with Gasteiger partial charge in [-0.2, -0.15) is 0 Å². The van der Waals surface area contributed by atoms with Crippen molar-refractivity contribution in [1.29, 1.82) is 0 Å². The molecule has 0 amide bonds. The van der Waals surface area contributed by atoms with Crippen molar-refractivity contribution in [3.8, 4) is 0 Å². The minimum Gasteiger partial charge on any atom is -0.295 e. The summed E-state index contributed by atoms with van der Waals surface area (Å²) in [6, 6.07) is 0. The molecule has 0 fully saturated rings. The molecule has 2 nitrogen and oxygen atoms in total. The highest BCUT2D eigenvalue weighted by Gasteiger charge is 2.29. The van der Waals surface area contributed by atoms with Crippen molar-refractivity contribution < 1.29 is 9.59 Å². The van der Waals surface area contributed by atoms with Crippen LogP contribution in [0.5, 0.6) is 0 Å². The van der Waals surface area contributed by atoms with Crippen LogP contribution in [0.25, 0.3) is 0 Å². The smallest absolute Gasteiger partial charge is 0.164 e. The zero-order valence-electron chi connectivity index (χ0n) is 14.1. The monoisotopic (exact) mass is 280 g/mol. The fourth-order valence-electron chi connectivity index (χ4n) is 2.30. The van der Waals surface area contributed by atoms with Crippen LogP contribution < -0.4 is 0 Å². The Bertz CT molecular complexity index is 337. The molecule has 0 aliphatic rings. The van der Waals surface area contributed by atoms with Gasteiger partial charge in [0.2, 0.25) is 0 Å². The number of carbonyl (C=O) groups is 2. The molecule has 0 aromatic carbocycles.